The van der Waals surface area contributed by atoms with Crippen LogP contribution in [0.2, 0.25) is 0 Å². The number of halogens is 2. The van der Waals surface area contributed by atoms with Gasteiger partial charge in [-0.05, 0) is 12.1 Å². The summed E-state index contributed by atoms with van der Waals surface area (Å²) in [6.45, 7) is 0. The molecular formula is C20H11F2N3O2. The Labute approximate surface area is 150 Å². The number of hydrogen-bond donors (Lipinski definition) is 3. The van der Waals surface area contributed by atoms with E-state index in [9.17, 15) is 18.4 Å². The van der Waals surface area contributed by atoms with Gasteiger partial charge in [0, 0.05) is 34.3 Å². The lowest BCUT2D eigenvalue weighted by Gasteiger charge is -2.03. The fourth-order valence-electron chi connectivity index (χ4n) is 3.62. The van der Waals surface area contributed by atoms with E-state index in [-0.39, 0.29) is 22.2 Å². The number of amides is 2. The fourth-order valence-corrected chi connectivity index (χ4v) is 3.62. The third kappa shape index (κ3) is 2.08. The maximum Gasteiger partial charge on any atom is 0.259 e. The Morgan fingerprint density at radius 3 is 1.56 bits per heavy atom. The van der Waals surface area contributed by atoms with Crippen LogP contribution in [0.5, 0.6) is 0 Å². The Morgan fingerprint density at radius 2 is 1.11 bits per heavy atom. The van der Waals surface area contributed by atoms with E-state index < -0.39 is 23.4 Å². The molecule has 0 saturated heterocycles. The second kappa shape index (κ2) is 5.38. The van der Waals surface area contributed by atoms with E-state index in [0.717, 1.165) is 0 Å². The molecule has 4 aromatic rings. The highest BCUT2D eigenvalue weighted by Crippen LogP contribution is 2.38. The molecule has 132 valence electrons. The standard InChI is InChI=1S/C20H11F2N3O2/c21-13-5-1-3-9-11(7-23-17(9)13)15-16(20(27)25-19(15)26)12-8-24-18-10(12)4-2-6-14(18)22/h1-8,23-24H,(H,25,26,27). The van der Waals surface area contributed by atoms with E-state index >= 15 is 0 Å². The van der Waals surface area contributed by atoms with Crippen molar-refractivity contribution in [2.24, 2.45) is 0 Å². The topological polar surface area (TPSA) is 77.8 Å². The fraction of sp³-hybridized carbons (Fsp3) is 0. The molecule has 0 fully saturated rings. The van der Waals surface area contributed by atoms with Gasteiger partial charge in [-0.25, -0.2) is 8.78 Å². The van der Waals surface area contributed by atoms with Crippen molar-refractivity contribution in [1.82, 2.24) is 15.3 Å². The molecule has 0 radical (unpaired) electrons. The number of carbonyl (C=O) groups excluding carboxylic acids is 2. The summed E-state index contributed by atoms with van der Waals surface area (Å²) < 4.78 is 28.0. The number of nitrogens with one attached hydrogen (secondary N) is 3. The molecule has 2 aromatic heterocycles. The van der Waals surface area contributed by atoms with Gasteiger partial charge in [-0.3, -0.25) is 14.9 Å². The first-order valence-electron chi connectivity index (χ1n) is 8.18. The van der Waals surface area contributed by atoms with Gasteiger partial charge in [0.15, 0.2) is 0 Å². The summed E-state index contributed by atoms with van der Waals surface area (Å²) >= 11 is 0. The zero-order chi connectivity index (χ0) is 18.7. The summed E-state index contributed by atoms with van der Waals surface area (Å²) in [6.07, 6.45) is 2.99. The van der Waals surface area contributed by atoms with Gasteiger partial charge >= 0.3 is 0 Å². The van der Waals surface area contributed by atoms with Crippen LogP contribution >= 0.6 is 0 Å². The molecule has 2 aromatic carbocycles. The molecule has 3 N–H and O–H groups in total. The molecule has 0 saturated carbocycles. The summed E-state index contributed by atoms with van der Waals surface area (Å²) in [5.41, 5.74) is 1.57. The number of imide groups is 1. The van der Waals surface area contributed by atoms with Crippen molar-refractivity contribution in [2.45, 2.75) is 0 Å². The van der Waals surface area contributed by atoms with E-state index in [1.54, 1.807) is 12.1 Å². The predicted octanol–water partition coefficient (Wildman–Crippen LogP) is 3.49. The number of aromatic nitrogens is 2. The van der Waals surface area contributed by atoms with Crippen molar-refractivity contribution >= 4 is 44.8 Å². The van der Waals surface area contributed by atoms with Crippen LogP contribution in [-0.4, -0.2) is 21.8 Å². The van der Waals surface area contributed by atoms with Crippen LogP contribution in [0.4, 0.5) is 8.78 Å². The SMILES string of the molecule is O=C1NC(=O)C(c2c[nH]c3c(F)cccc23)=C1c1c[nH]c2c(F)cccc12. The van der Waals surface area contributed by atoms with Crippen LogP contribution in [0, 0.1) is 11.6 Å². The third-order valence-corrected chi connectivity index (χ3v) is 4.80. The first-order valence-corrected chi connectivity index (χ1v) is 8.18. The van der Waals surface area contributed by atoms with Gasteiger partial charge in [-0.2, -0.15) is 0 Å². The van der Waals surface area contributed by atoms with Crippen molar-refractivity contribution in [3.63, 3.8) is 0 Å². The summed E-state index contributed by atoms with van der Waals surface area (Å²) in [7, 11) is 0. The molecule has 0 atom stereocenters. The number of hydrogen-bond acceptors (Lipinski definition) is 2. The molecule has 0 aliphatic carbocycles. The maximum atomic E-state index is 14.0. The number of rotatable bonds is 2. The number of aromatic amines is 2. The summed E-state index contributed by atoms with van der Waals surface area (Å²) in [5.74, 6) is -2.07. The number of benzene rings is 2. The van der Waals surface area contributed by atoms with E-state index in [4.69, 9.17) is 0 Å². The minimum Gasteiger partial charge on any atom is -0.358 e. The number of carbonyl (C=O) groups is 2. The Hall–Kier alpha value is -3.74. The minimum absolute atomic E-state index is 0.127. The largest absolute Gasteiger partial charge is 0.358 e. The second-order valence-corrected chi connectivity index (χ2v) is 6.26. The van der Waals surface area contributed by atoms with Gasteiger partial charge in [0.25, 0.3) is 11.8 Å². The van der Waals surface area contributed by atoms with Gasteiger partial charge < -0.3 is 9.97 Å². The minimum atomic E-state index is -0.578. The molecule has 3 heterocycles. The molecule has 1 aliphatic rings. The average molecular weight is 363 g/mol. The monoisotopic (exact) mass is 363 g/mol. The van der Waals surface area contributed by atoms with Gasteiger partial charge in [-0.1, -0.05) is 24.3 Å². The third-order valence-electron chi connectivity index (χ3n) is 4.80. The van der Waals surface area contributed by atoms with E-state index in [1.165, 1.54) is 36.7 Å². The molecule has 0 bridgehead atoms. The molecule has 0 unspecified atom stereocenters. The quantitative estimate of drug-likeness (QED) is 0.477. The van der Waals surface area contributed by atoms with Crippen molar-refractivity contribution in [2.75, 3.05) is 0 Å². The van der Waals surface area contributed by atoms with Crippen molar-refractivity contribution in [3.8, 4) is 0 Å². The van der Waals surface area contributed by atoms with Crippen LogP contribution in [0.1, 0.15) is 11.1 Å². The molecule has 0 spiro atoms. The zero-order valence-corrected chi connectivity index (χ0v) is 13.7. The van der Waals surface area contributed by atoms with Crippen molar-refractivity contribution in [1.29, 1.82) is 0 Å². The van der Waals surface area contributed by atoms with E-state index in [0.29, 0.717) is 21.9 Å². The Kier molecular flexibility index (Phi) is 3.09. The normalized spacial score (nSPS) is 14.6. The lowest BCUT2D eigenvalue weighted by Crippen LogP contribution is -2.22. The Balaban J connectivity index is 1.85. The number of fused-ring (bicyclic) bond motifs is 2. The number of H-pyrrole nitrogens is 2. The van der Waals surface area contributed by atoms with Crippen LogP contribution < -0.4 is 5.32 Å². The molecule has 1 aliphatic heterocycles. The van der Waals surface area contributed by atoms with Crippen LogP contribution in [0.3, 0.4) is 0 Å². The molecule has 5 rings (SSSR count). The molecule has 5 nitrogen and oxygen atoms in total. The van der Waals surface area contributed by atoms with Crippen LogP contribution in [0.25, 0.3) is 33.0 Å². The van der Waals surface area contributed by atoms with E-state index in [2.05, 4.69) is 15.3 Å². The lowest BCUT2D eigenvalue weighted by atomic mass is 9.95. The Bertz CT molecular complexity index is 1210. The average Bonchev–Trinajstić information content (AvgIpc) is 3.31. The first-order chi connectivity index (χ1) is 13.1. The summed E-state index contributed by atoms with van der Waals surface area (Å²) in [6, 6.07) is 9.01. The van der Waals surface area contributed by atoms with Crippen LogP contribution in [-0.2, 0) is 9.59 Å². The second-order valence-electron chi connectivity index (χ2n) is 6.26. The van der Waals surface area contributed by atoms with Crippen molar-refractivity contribution in [3.05, 3.63) is 71.6 Å². The van der Waals surface area contributed by atoms with Gasteiger partial charge in [0.1, 0.15) is 11.6 Å². The van der Waals surface area contributed by atoms with Crippen LogP contribution in [0.15, 0.2) is 48.8 Å². The maximum absolute atomic E-state index is 14.0. The molecule has 27 heavy (non-hydrogen) atoms. The summed E-state index contributed by atoms with van der Waals surface area (Å²) in [5, 5.41) is 3.25. The highest BCUT2D eigenvalue weighted by Gasteiger charge is 2.34. The highest BCUT2D eigenvalue weighted by molar-refractivity contribution is 6.50. The number of para-hydroxylation sites is 2. The van der Waals surface area contributed by atoms with E-state index in [1.807, 2.05) is 0 Å². The molecule has 7 heteroatoms. The predicted molar refractivity (Wildman–Crippen MR) is 96.5 cm³/mol. The first kappa shape index (κ1) is 15.5. The van der Waals surface area contributed by atoms with Gasteiger partial charge in [0.05, 0.1) is 22.2 Å². The zero-order valence-electron chi connectivity index (χ0n) is 13.7. The van der Waals surface area contributed by atoms with Crippen molar-refractivity contribution < 1.29 is 18.4 Å². The smallest absolute Gasteiger partial charge is 0.259 e. The highest BCUT2D eigenvalue weighted by atomic mass is 19.1. The van der Waals surface area contributed by atoms with Gasteiger partial charge in [-0.15, -0.1) is 0 Å². The Morgan fingerprint density at radius 1 is 0.667 bits per heavy atom. The summed E-state index contributed by atoms with van der Waals surface area (Å²) in [4.78, 5) is 30.7. The van der Waals surface area contributed by atoms with Gasteiger partial charge in [0.2, 0.25) is 0 Å². The molecule has 2 amide bonds. The molecular weight excluding hydrogens is 352 g/mol. The lowest BCUT2D eigenvalue weighted by molar-refractivity contribution is -0.122.